The lowest BCUT2D eigenvalue weighted by Crippen LogP contribution is -2.31. The van der Waals surface area contributed by atoms with Crippen LogP contribution in [0.2, 0.25) is 0 Å². The number of hydrogen-bond donors (Lipinski definition) is 0. The standard InChI is InChI=1S/C30H24O4/c1-29(2)15-13-21-23(25(31)17-9-5-7-11-19(17)27(21)33-29)24-22-14-16-30(3,4)34-28(22)20-12-8-6-10-18(20)26(24)32/h5-16H,1-4H3/b24-23+. The predicted molar refractivity (Wildman–Crippen MR) is 131 cm³/mol. The number of Topliss-reactive ketones (excluding diaryl/α,β-unsaturated/α-hetero) is 2. The average Bonchev–Trinajstić information content (AvgIpc) is 2.81. The molecule has 0 amide bonds. The minimum atomic E-state index is -0.534. The van der Waals surface area contributed by atoms with Crippen molar-refractivity contribution in [1.82, 2.24) is 0 Å². The summed E-state index contributed by atoms with van der Waals surface area (Å²) in [4.78, 5) is 27.9. The number of rotatable bonds is 0. The van der Waals surface area contributed by atoms with Crippen LogP contribution in [0.15, 0.2) is 95.1 Å². The number of carbonyl (C=O) groups excluding carboxylic acids is 2. The van der Waals surface area contributed by atoms with E-state index < -0.39 is 11.2 Å². The molecule has 4 aliphatic rings. The van der Waals surface area contributed by atoms with Crippen molar-refractivity contribution in [1.29, 1.82) is 0 Å². The van der Waals surface area contributed by atoms with Gasteiger partial charge in [0.1, 0.15) is 22.7 Å². The molecule has 34 heavy (non-hydrogen) atoms. The number of benzene rings is 2. The second-order valence-electron chi connectivity index (χ2n) is 10.1. The third-order valence-corrected chi connectivity index (χ3v) is 6.60. The number of ketones is 2. The van der Waals surface area contributed by atoms with Gasteiger partial charge < -0.3 is 9.47 Å². The smallest absolute Gasteiger partial charge is 0.195 e. The highest BCUT2D eigenvalue weighted by atomic mass is 16.5. The van der Waals surface area contributed by atoms with E-state index in [0.717, 1.165) is 11.1 Å². The number of hydrogen-bond acceptors (Lipinski definition) is 4. The zero-order valence-corrected chi connectivity index (χ0v) is 19.6. The van der Waals surface area contributed by atoms with E-state index in [9.17, 15) is 9.59 Å². The molecule has 0 N–H and O–H groups in total. The molecule has 6 rings (SSSR count). The first-order valence-corrected chi connectivity index (χ1v) is 11.5. The maximum absolute atomic E-state index is 14.0. The van der Waals surface area contributed by atoms with Gasteiger partial charge in [-0.25, -0.2) is 0 Å². The van der Waals surface area contributed by atoms with Crippen molar-refractivity contribution in [2.24, 2.45) is 0 Å². The fourth-order valence-corrected chi connectivity index (χ4v) is 4.99. The van der Waals surface area contributed by atoms with Crippen molar-refractivity contribution in [2.75, 3.05) is 0 Å². The normalized spacial score (nSPS) is 23.5. The number of carbonyl (C=O) groups is 2. The van der Waals surface area contributed by atoms with Gasteiger partial charge in [0, 0.05) is 44.5 Å². The molecule has 0 saturated carbocycles. The van der Waals surface area contributed by atoms with Gasteiger partial charge in [0.25, 0.3) is 0 Å². The van der Waals surface area contributed by atoms with Crippen LogP contribution in [0.25, 0.3) is 11.5 Å². The molecule has 2 aliphatic carbocycles. The van der Waals surface area contributed by atoms with Gasteiger partial charge in [0.2, 0.25) is 0 Å². The molecule has 2 aromatic carbocycles. The largest absolute Gasteiger partial charge is 0.482 e. The summed E-state index contributed by atoms with van der Waals surface area (Å²) < 4.78 is 12.8. The second-order valence-corrected chi connectivity index (χ2v) is 10.1. The fraction of sp³-hybridized carbons (Fsp3) is 0.200. The molecule has 0 aromatic heterocycles. The Balaban J connectivity index is 1.71. The Labute approximate surface area is 198 Å². The van der Waals surface area contributed by atoms with Gasteiger partial charge in [0.05, 0.1) is 0 Å². The molecule has 0 bridgehead atoms. The number of fused-ring (bicyclic) bond motifs is 4. The third kappa shape index (κ3) is 2.91. The molecule has 2 aliphatic heterocycles. The van der Waals surface area contributed by atoms with E-state index in [-0.39, 0.29) is 11.6 Å². The van der Waals surface area contributed by atoms with Crippen LogP contribution in [-0.4, -0.2) is 22.8 Å². The quantitative estimate of drug-likeness (QED) is 0.449. The SMILES string of the molecule is CC1(C)C=CC2=C(O1)c1ccccc1C(=O)/C2=C1/C(=O)c2ccccc2C2=C1C=CC(C)(C)O2. The molecule has 0 spiro atoms. The molecule has 4 nitrogen and oxygen atoms in total. The van der Waals surface area contributed by atoms with Crippen LogP contribution < -0.4 is 0 Å². The summed E-state index contributed by atoms with van der Waals surface area (Å²) in [5.41, 5.74) is 3.49. The van der Waals surface area contributed by atoms with Crippen molar-refractivity contribution in [3.63, 3.8) is 0 Å². The van der Waals surface area contributed by atoms with Gasteiger partial charge >= 0.3 is 0 Å². The Morgan fingerprint density at radius 2 is 0.912 bits per heavy atom. The van der Waals surface area contributed by atoms with Crippen molar-refractivity contribution >= 4 is 23.1 Å². The maximum atomic E-state index is 14.0. The van der Waals surface area contributed by atoms with Crippen LogP contribution in [-0.2, 0) is 9.47 Å². The minimum absolute atomic E-state index is 0.185. The van der Waals surface area contributed by atoms with E-state index in [1.165, 1.54) is 0 Å². The Morgan fingerprint density at radius 1 is 0.559 bits per heavy atom. The minimum Gasteiger partial charge on any atom is -0.482 e. The monoisotopic (exact) mass is 448 g/mol. The molecular formula is C30H24O4. The first-order chi connectivity index (χ1) is 16.2. The van der Waals surface area contributed by atoms with Crippen molar-refractivity contribution < 1.29 is 19.1 Å². The lowest BCUT2D eigenvalue weighted by molar-refractivity contribution is 0.0981. The first kappa shape index (κ1) is 20.7. The summed E-state index contributed by atoms with van der Waals surface area (Å²) in [5.74, 6) is 0.880. The lowest BCUT2D eigenvalue weighted by atomic mass is 9.74. The van der Waals surface area contributed by atoms with Crippen LogP contribution in [0.4, 0.5) is 0 Å². The van der Waals surface area contributed by atoms with Gasteiger partial charge in [-0.05, 0) is 39.8 Å². The summed E-state index contributed by atoms with van der Waals surface area (Å²) in [6.07, 6.45) is 7.70. The zero-order chi connectivity index (χ0) is 23.8. The molecule has 0 radical (unpaired) electrons. The third-order valence-electron chi connectivity index (χ3n) is 6.60. The van der Waals surface area contributed by atoms with E-state index in [4.69, 9.17) is 9.47 Å². The Kier molecular flexibility index (Phi) is 4.13. The van der Waals surface area contributed by atoms with E-state index in [0.29, 0.717) is 44.9 Å². The second kappa shape index (κ2) is 6.80. The van der Waals surface area contributed by atoms with Crippen LogP contribution >= 0.6 is 0 Å². The Bertz CT molecular complexity index is 1360. The zero-order valence-electron chi connectivity index (χ0n) is 19.6. The van der Waals surface area contributed by atoms with Crippen LogP contribution in [0.1, 0.15) is 59.5 Å². The van der Waals surface area contributed by atoms with Crippen molar-refractivity contribution in [2.45, 2.75) is 38.9 Å². The molecule has 0 unspecified atom stereocenters. The van der Waals surface area contributed by atoms with E-state index in [2.05, 4.69) is 0 Å². The van der Waals surface area contributed by atoms with Crippen molar-refractivity contribution in [3.05, 3.63) is 117 Å². The van der Waals surface area contributed by atoms with Crippen LogP contribution in [0.3, 0.4) is 0 Å². The number of ether oxygens (including phenoxy) is 2. The maximum Gasteiger partial charge on any atom is 0.195 e. The Hall–Kier alpha value is -3.92. The Morgan fingerprint density at radius 3 is 1.29 bits per heavy atom. The summed E-state index contributed by atoms with van der Waals surface area (Å²) in [6.45, 7) is 7.90. The molecule has 2 heterocycles. The summed E-state index contributed by atoms with van der Waals surface area (Å²) >= 11 is 0. The molecule has 168 valence electrons. The van der Waals surface area contributed by atoms with E-state index in [1.54, 1.807) is 12.1 Å². The van der Waals surface area contributed by atoms with Gasteiger partial charge in [-0.3, -0.25) is 9.59 Å². The summed E-state index contributed by atoms with van der Waals surface area (Å²) in [7, 11) is 0. The molecule has 0 fully saturated rings. The van der Waals surface area contributed by atoms with Crippen LogP contribution in [0.5, 0.6) is 0 Å². The highest BCUT2D eigenvalue weighted by Crippen LogP contribution is 2.48. The number of allylic oxidation sites excluding steroid dienone is 6. The van der Waals surface area contributed by atoms with Gasteiger partial charge in [0.15, 0.2) is 11.6 Å². The molecule has 2 aromatic rings. The summed E-state index contributed by atoms with van der Waals surface area (Å²) in [6, 6.07) is 14.8. The highest BCUT2D eigenvalue weighted by molar-refractivity contribution is 6.28. The lowest BCUT2D eigenvalue weighted by Gasteiger charge is -2.37. The average molecular weight is 449 g/mol. The van der Waals surface area contributed by atoms with E-state index >= 15 is 0 Å². The highest BCUT2D eigenvalue weighted by Gasteiger charge is 2.42. The van der Waals surface area contributed by atoms with Gasteiger partial charge in [-0.1, -0.05) is 60.7 Å². The van der Waals surface area contributed by atoms with Gasteiger partial charge in [-0.15, -0.1) is 0 Å². The summed E-state index contributed by atoms with van der Waals surface area (Å²) in [5, 5.41) is 0. The van der Waals surface area contributed by atoms with E-state index in [1.807, 2.05) is 88.4 Å². The molecule has 0 saturated heterocycles. The topological polar surface area (TPSA) is 52.6 Å². The van der Waals surface area contributed by atoms with Gasteiger partial charge in [-0.2, -0.15) is 0 Å². The van der Waals surface area contributed by atoms with Crippen molar-refractivity contribution in [3.8, 4) is 0 Å². The fourth-order valence-electron chi connectivity index (χ4n) is 4.99. The first-order valence-electron chi connectivity index (χ1n) is 11.5. The predicted octanol–water partition coefficient (Wildman–Crippen LogP) is 6.23. The molecular weight excluding hydrogens is 424 g/mol. The van der Waals surface area contributed by atoms with Crippen LogP contribution in [0, 0.1) is 0 Å². The molecule has 0 atom stereocenters. The molecule has 4 heteroatoms.